The molecule has 4 nitrogen and oxygen atoms in total. The van der Waals surface area contributed by atoms with E-state index in [0.717, 1.165) is 19.0 Å². The zero-order valence-electron chi connectivity index (χ0n) is 12.3. The molecule has 0 spiro atoms. The Morgan fingerprint density at radius 3 is 2.68 bits per heavy atom. The standard InChI is InChI=1S/C15H28N2O2/c1-15(2,12-6-4-3-5-7-12)11-17-14(18)13-10-16-8-9-19-13/h12-13,16H,3-11H2,1-2H3,(H,17,18). The highest BCUT2D eigenvalue weighted by Crippen LogP contribution is 2.37. The first-order valence-corrected chi connectivity index (χ1v) is 7.69. The van der Waals surface area contributed by atoms with Crippen molar-refractivity contribution < 1.29 is 9.53 Å². The van der Waals surface area contributed by atoms with Crippen molar-refractivity contribution in [1.29, 1.82) is 0 Å². The molecule has 2 rings (SSSR count). The summed E-state index contributed by atoms with van der Waals surface area (Å²) >= 11 is 0. The van der Waals surface area contributed by atoms with E-state index in [-0.39, 0.29) is 17.4 Å². The number of hydrogen-bond acceptors (Lipinski definition) is 3. The molecular formula is C15H28N2O2. The van der Waals surface area contributed by atoms with Crippen LogP contribution in [0.4, 0.5) is 0 Å². The summed E-state index contributed by atoms with van der Waals surface area (Å²) in [6.45, 7) is 7.43. The number of nitrogens with one attached hydrogen (secondary N) is 2. The molecule has 110 valence electrons. The molecule has 19 heavy (non-hydrogen) atoms. The number of amides is 1. The zero-order valence-corrected chi connectivity index (χ0v) is 12.3. The Morgan fingerprint density at radius 1 is 1.32 bits per heavy atom. The van der Waals surface area contributed by atoms with Gasteiger partial charge in [-0.05, 0) is 24.2 Å². The smallest absolute Gasteiger partial charge is 0.250 e. The van der Waals surface area contributed by atoms with Crippen molar-refractivity contribution in [1.82, 2.24) is 10.6 Å². The number of hydrogen-bond donors (Lipinski definition) is 2. The number of carbonyl (C=O) groups excluding carboxylic acids is 1. The number of carbonyl (C=O) groups is 1. The van der Waals surface area contributed by atoms with Gasteiger partial charge >= 0.3 is 0 Å². The molecule has 1 unspecified atom stereocenters. The Balaban J connectivity index is 1.77. The summed E-state index contributed by atoms with van der Waals surface area (Å²) in [7, 11) is 0. The van der Waals surface area contributed by atoms with E-state index < -0.39 is 0 Å². The lowest BCUT2D eigenvalue weighted by Crippen LogP contribution is -2.50. The number of ether oxygens (including phenoxy) is 1. The third-order valence-electron chi connectivity index (χ3n) is 4.65. The largest absolute Gasteiger partial charge is 0.366 e. The highest BCUT2D eigenvalue weighted by atomic mass is 16.5. The first-order valence-electron chi connectivity index (χ1n) is 7.69. The fourth-order valence-corrected chi connectivity index (χ4v) is 3.19. The van der Waals surface area contributed by atoms with Crippen molar-refractivity contribution in [3.8, 4) is 0 Å². The molecule has 2 aliphatic rings. The minimum absolute atomic E-state index is 0.0380. The van der Waals surface area contributed by atoms with Gasteiger partial charge in [-0.1, -0.05) is 33.1 Å². The van der Waals surface area contributed by atoms with E-state index in [1.807, 2.05) is 0 Å². The van der Waals surface area contributed by atoms with E-state index in [9.17, 15) is 4.79 Å². The second kappa shape index (κ2) is 6.71. The van der Waals surface area contributed by atoms with Gasteiger partial charge in [0.05, 0.1) is 6.61 Å². The minimum Gasteiger partial charge on any atom is -0.366 e. The van der Waals surface area contributed by atoms with E-state index in [2.05, 4.69) is 24.5 Å². The Labute approximate surface area is 116 Å². The maximum atomic E-state index is 12.1. The summed E-state index contributed by atoms with van der Waals surface area (Å²) in [5.74, 6) is 0.781. The van der Waals surface area contributed by atoms with Crippen LogP contribution < -0.4 is 10.6 Å². The molecule has 1 amide bonds. The van der Waals surface area contributed by atoms with Crippen molar-refractivity contribution in [2.45, 2.75) is 52.1 Å². The van der Waals surface area contributed by atoms with Crippen LogP contribution >= 0.6 is 0 Å². The van der Waals surface area contributed by atoms with Crippen LogP contribution in [0.15, 0.2) is 0 Å². The van der Waals surface area contributed by atoms with E-state index in [0.29, 0.717) is 13.2 Å². The molecule has 1 saturated carbocycles. The van der Waals surface area contributed by atoms with Gasteiger partial charge in [0, 0.05) is 19.6 Å². The molecule has 2 N–H and O–H groups in total. The molecule has 0 radical (unpaired) electrons. The second-order valence-electron chi connectivity index (χ2n) is 6.60. The summed E-state index contributed by atoms with van der Waals surface area (Å²) in [6.07, 6.45) is 6.38. The quantitative estimate of drug-likeness (QED) is 0.816. The first-order chi connectivity index (χ1) is 9.09. The van der Waals surface area contributed by atoms with Crippen molar-refractivity contribution >= 4 is 5.91 Å². The highest BCUT2D eigenvalue weighted by molar-refractivity contribution is 5.81. The van der Waals surface area contributed by atoms with Crippen LogP contribution in [0, 0.1) is 11.3 Å². The molecular weight excluding hydrogens is 240 g/mol. The molecule has 1 atom stereocenters. The molecule has 0 aromatic heterocycles. The predicted molar refractivity (Wildman–Crippen MR) is 76.0 cm³/mol. The third kappa shape index (κ3) is 4.18. The van der Waals surface area contributed by atoms with Crippen LogP contribution in [0.3, 0.4) is 0 Å². The van der Waals surface area contributed by atoms with Crippen molar-refractivity contribution in [2.75, 3.05) is 26.2 Å². The average Bonchev–Trinajstić information content (AvgIpc) is 2.47. The maximum Gasteiger partial charge on any atom is 0.250 e. The van der Waals surface area contributed by atoms with E-state index in [4.69, 9.17) is 4.74 Å². The second-order valence-corrected chi connectivity index (χ2v) is 6.60. The number of morpholine rings is 1. The van der Waals surface area contributed by atoms with Crippen LogP contribution in [0.5, 0.6) is 0 Å². The normalized spacial score (nSPS) is 26.1. The van der Waals surface area contributed by atoms with Gasteiger partial charge in [0.15, 0.2) is 0 Å². The van der Waals surface area contributed by atoms with Crippen molar-refractivity contribution in [3.05, 3.63) is 0 Å². The highest BCUT2D eigenvalue weighted by Gasteiger charge is 2.32. The Hall–Kier alpha value is -0.610. The minimum atomic E-state index is -0.309. The van der Waals surface area contributed by atoms with Crippen molar-refractivity contribution in [3.63, 3.8) is 0 Å². The van der Waals surface area contributed by atoms with Crippen LogP contribution in [0.25, 0.3) is 0 Å². The molecule has 4 heteroatoms. The molecule has 0 bridgehead atoms. The predicted octanol–water partition coefficient (Wildman–Crippen LogP) is 1.70. The SMILES string of the molecule is CC(C)(CNC(=O)C1CNCCO1)C1CCCCC1. The topological polar surface area (TPSA) is 50.4 Å². The Bertz CT molecular complexity index is 293. The van der Waals surface area contributed by atoms with E-state index in [1.54, 1.807) is 0 Å². The van der Waals surface area contributed by atoms with Gasteiger partial charge in [-0.2, -0.15) is 0 Å². The van der Waals surface area contributed by atoms with Gasteiger partial charge in [-0.25, -0.2) is 0 Å². The Morgan fingerprint density at radius 2 is 2.05 bits per heavy atom. The van der Waals surface area contributed by atoms with E-state index in [1.165, 1.54) is 32.1 Å². The zero-order chi connectivity index (χ0) is 13.7. The van der Waals surface area contributed by atoms with Crippen LogP contribution in [0.1, 0.15) is 46.0 Å². The molecule has 0 aromatic carbocycles. The fourth-order valence-electron chi connectivity index (χ4n) is 3.19. The number of rotatable bonds is 4. The summed E-state index contributed by atoms with van der Waals surface area (Å²) < 4.78 is 5.48. The summed E-state index contributed by atoms with van der Waals surface area (Å²) in [4.78, 5) is 12.1. The van der Waals surface area contributed by atoms with Crippen LogP contribution in [-0.4, -0.2) is 38.3 Å². The maximum absolute atomic E-state index is 12.1. The fraction of sp³-hybridized carbons (Fsp3) is 0.933. The summed E-state index contributed by atoms with van der Waals surface area (Å²) in [5, 5.41) is 6.28. The molecule has 1 saturated heterocycles. The van der Waals surface area contributed by atoms with Crippen molar-refractivity contribution in [2.24, 2.45) is 11.3 Å². The Kier molecular flexibility index (Phi) is 5.22. The third-order valence-corrected chi connectivity index (χ3v) is 4.65. The summed E-state index contributed by atoms with van der Waals surface area (Å²) in [6, 6.07) is 0. The molecule has 1 heterocycles. The lowest BCUT2D eigenvalue weighted by Gasteiger charge is -2.37. The van der Waals surface area contributed by atoms with Gasteiger partial charge < -0.3 is 15.4 Å². The van der Waals surface area contributed by atoms with E-state index >= 15 is 0 Å². The van der Waals surface area contributed by atoms with Gasteiger partial charge in [0.2, 0.25) is 5.91 Å². The van der Waals surface area contributed by atoms with Crippen LogP contribution in [0.2, 0.25) is 0 Å². The van der Waals surface area contributed by atoms with Gasteiger partial charge in [0.25, 0.3) is 0 Å². The monoisotopic (exact) mass is 268 g/mol. The van der Waals surface area contributed by atoms with Gasteiger partial charge in [0.1, 0.15) is 6.10 Å². The average molecular weight is 268 g/mol. The summed E-state index contributed by atoms with van der Waals surface area (Å²) in [5.41, 5.74) is 0.193. The molecule has 0 aromatic rings. The lowest BCUT2D eigenvalue weighted by molar-refractivity contribution is -0.134. The van der Waals surface area contributed by atoms with Gasteiger partial charge in [-0.15, -0.1) is 0 Å². The van der Waals surface area contributed by atoms with Gasteiger partial charge in [-0.3, -0.25) is 4.79 Å². The van der Waals surface area contributed by atoms with Crippen LogP contribution in [-0.2, 0) is 9.53 Å². The first kappa shape index (κ1) is 14.8. The lowest BCUT2D eigenvalue weighted by atomic mass is 9.71. The molecule has 1 aliphatic carbocycles. The molecule has 1 aliphatic heterocycles. The molecule has 2 fully saturated rings.